The SMILES string of the molecule is CC[NH+](CC)CCCOc1cc(C)cc(C)c1. The topological polar surface area (TPSA) is 13.7 Å². The first-order valence-corrected chi connectivity index (χ1v) is 6.70. The highest BCUT2D eigenvalue weighted by molar-refractivity contribution is 5.32. The summed E-state index contributed by atoms with van der Waals surface area (Å²) in [6.45, 7) is 13.2. The van der Waals surface area contributed by atoms with Crippen LogP contribution in [0.4, 0.5) is 0 Å². The highest BCUT2D eigenvalue weighted by Gasteiger charge is 2.02. The fourth-order valence-corrected chi connectivity index (χ4v) is 2.13. The lowest BCUT2D eigenvalue weighted by atomic mass is 10.1. The molecule has 1 aromatic rings. The third-order valence-corrected chi connectivity index (χ3v) is 3.14. The van der Waals surface area contributed by atoms with Gasteiger partial charge in [-0.05, 0) is 51.0 Å². The summed E-state index contributed by atoms with van der Waals surface area (Å²) in [6, 6.07) is 6.39. The van der Waals surface area contributed by atoms with Crippen molar-refractivity contribution in [1.82, 2.24) is 0 Å². The first kappa shape index (κ1) is 14.0. The first-order valence-electron chi connectivity index (χ1n) is 6.70. The van der Waals surface area contributed by atoms with Crippen molar-refractivity contribution in [2.45, 2.75) is 34.1 Å². The minimum atomic E-state index is 0.826. The zero-order valence-corrected chi connectivity index (χ0v) is 11.7. The second-order valence-electron chi connectivity index (χ2n) is 4.73. The Bertz CT molecular complexity index is 311. The van der Waals surface area contributed by atoms with Gasteiger partial charge in [0.2, 0.25) is 0 Å². The molecule has 0 aliphatic carbocycles. The van der Waals surface area contributed by atoms with Gasteiger partial charge in [-0.25, -0.2) is 0 Å². The Kier molecular flexibility index (Phi) is 6.06. The van der Waals surface area contributed by atoms with Crippen molar-refractivity contribution in [3.8, 4) is 5.75 Å². The number of quaternary nitrogens is 1. The molecule has 0 radical (unpaired) electrons. The molecule has 0 aliphatic rings. The molecule has 0 spiro atoms. The Morgan fingerprint density at radius 2 is 1.59 bits per heavy atom. The second-order valence-corrected chi connectivity index (χ2v) is 4.73. The number of hydrogen-bond donors (Lipinski definition) is 1. The van der Waals surface area contributed by atoms with E-state index in [1.165, 1.54) is 30.8 Å². The molecular formula is C15H26NO+. The molecule has 0 bridgehead atoms. The number of hydrogen-bond acceptors (Lipinski definition) is 1. The molecule has 0 fully saturated rings. The molecule has 2 heteroatoms. The van der Waals surface area contributed by atoms with Crippen molar-refractivity contribution in [1.29, 1.82) is 0 Å². The van der Waals surface area contributed by atoms with Crippen molar-refractivity contribution in [2.75, 3.05) is 26.2 Å². The van der Waals surface area contributed by atoms with E-state index in [9.17, 15) is 0 Å². The monoisotopic (exact) mass is 236 g/mol. The molecule has 0 aliphatic heterocycles. The standard InChI is InChI=1S/C15H25NO/c1-5-16(6-2)8-7-9-17-15-11-13(3)10-14(4)12-15/h10-12H,5-9H2,1-4H3/p+1. The molecule has 0 heterocycles. The fraction of sp³-hybridized carbons (Fsp3) is 0.600. The van der Waals surface area contributed by atoms with E-state index >= 15 is 0 Å². The highest BCUT2D eigenvalue weighted by atomic mass is 16.5. The molecule has 96 valence electrons. The van der Waals surface area contributed by atoms with Gasteiger partial charge >= 0.3 is 0 Å². The summed E-state index contributed by atoms with van der Waals surface area (Å²) < 4.78 is 5.79. The molecule has 1 rings (SSSR count). The van der Waals surface area contributed by atoms with Gasteiger partial charge in [-0.1, -0.05) is 6.07 Å². The fourth-order valence-electron chi connectivity index (χ4n) is 2.13. The van der Waals surface area contributed by atoms with Crippen molar-refractivity contribution < 1.29 is 9.64 Å². The van der Waals surface area contributed by atoms with Gasteiger partial charge in [-0.15, -0.1) is 0 Å². The summed E-state index contributed by atoms with van der Waals surface area (Å²) in [4.78, 5) is 1.65. The van der Waals surface area contributed by atoms with Crippen LogP contribution in [0.2, 0.25) is 0 Å². The highest BCUT2D eigenvalue weighted by Crippen LogP contribution is 2.16. The van der Waals surface area contributed by atoms with Crippen LogP contribution in [0, 0.1) is 13.8 Å². The summed E-state index contributed by atoms with van der Waals surface area (Å²) in [5, 5.41) is 0. The van der Waals surface area contributed by atoms with Gasteiger partial charge in [0.1, 0.15) is 5.75 Å². The molecular weight excluding hydrogens is 210 g/mol. The molecule has 0 saturated carbocycles. The maximum Gasteiger partial charge on any atom is 0.119 e. The summed E-state index contributed by atoms with van der Waals surface area (Å²) in [5.74, 6) is 1.01. The van der Waals surface area contributed by atoms with Crippen LogP contribution in [0.15, 0.2) is 18.2 Å². The van der Waals surface area contributed by atoms with Crippen LogP contribution in [0.25, 0.3) is 0 Å². The molecule has 0 atom stereocenters. The molecule has 1 aromatic carbocycles. The number of aryl methyl sites for hydroxylation is 2. The Hall–Kier alpha value is -1.02. The van der Waals surface area contributed by atoms with E-state index in [1.54, 1.807) is 4.90 Å². The van der Waals surface area contributed by atoms with Gasteiger partial charge in [0.25, 0.3) is 0 Å². The van der Waals surface area contributed by atoms with E-state index in [4.69, 9.17) is 4.74 Å². The molecule has 0 saturated heterocycles. The summed E-state index contributed by atoms with van der Waals surface area (Å²) >= 11 is 0. The Labute approximate surface area is 106 Å². The van der Waals surface area contributed by atoms with Crippen molar-refractivity contribution in [3.05, 3.63) is 29.3 Å². The lowest BCUT2D eigenvalue weighted by molar-refractivity contribution is -0.896. The summed E-state index contributed by atoms with van der Waals surface area (Å²) in [5.41, 5.74) is 2.55. The van der Waals surface area contributed by atoms with Crippen LogP contribution in [0.5, 0.6) is 5.75 Å². The largest absolute Gasteiger partial charge is 0.493 e. The Balaban J connectivity index is 2.31. The zero-order chi connectivity index (χ0) is 12.7. The molecule has 0 amide bonds. The predicted octanol–water partition coefficient (Wildman–Crippen LogP) is 2.00. The molecule has 1 N–H and O–H groups in total. The van der Waals surface area contributed by atoms with E-state index in [-0.39, 0.29) is 0 Å². The van der Waals surface area contributed by atoms with E-state index in [0.29, 0.717) is 0 Å². The van der Waals surface area contributed by atoms with Crippen LogP contribution in [0.3, 0.4) is 0 Å². The van der Waals surface area contributed by atoms with Crippen LogP contribution >= 0.6 is 0 Å². The van der Waals surface area contributed by atoms with Crippen molar-refractivity contribution in [2.24, 2.45) is 0 Å². The van der Waals surface area contributed by atoms with Crippen molar-refractivity contribution in [3.63, 3.8) is 0 Å². The van der Waals surface area contributed by atoms with E-state index < -0.39 is 0 Å². The normalized spacial score (nSPS) is 10.9. The van der Waals surface area contributed by atoms with E-state index in [1.807, 2.05) is 0 Å². The number of rotatable bonds is 7. The third-order valence-electron chi connectivity index (χ3n) is 3.14. The molecule has 17 heavy (non-hydrogen) atoms. The van der Waals surface area contributed by atoms with E-state index in [2.05, 4.69) is 45.9 Å². The Morgan fingerprint density at radius 1 is 1.00 bits per heavy atom. The maximum atomic E-state index is 5.79. The lowest BCUT2D eigenvalue weighted by Gasteiger charge is -2.15. The van der Waals surface area contributed by atoms with E-state index in [0.717, 1.165) is 18.8 Å². The smallest absolute Gasteiger partial charge is 0.119 e. The number of ether oxygens (including phenoxy) is 1. The minimum absolute atomic E-state index is 0.826. The van der Waals surface area contributed by atoms with Crippen LogP contribution in [-0.2, 0) is 0 Å². The average Bonchev–Trinajstić information content (AvgIpc) is 2.28. The molecule has 0 aromatic heterocycles. The first-order chi connectivity index (χ1) is 8.15. The number of benzene rings is 1. The quantitative estimate of drug-likeness (QED) is 0.715. The van der Waals surface area contributed by atoms with Crippen LogP contribution in [0.1, 0.15) is 31.4 Å². The summed E-state index contributed by atoms with van der Waals surface area (Å²) in [7, 11) is 0. The molecule has 0 unspecified atom stereocenters. The van der Waals surface area contributed by atoms with Gasteiger partial charge < -0.3 is 9.64 Å². The minimum Gasteiger partial charge on any atom is -0.493 e. The van der Waals surface area contributed by atoms with Gasteiger partial charge in [-0.3, -0.25) is 0 Å². The van der Waals surface area contributed by atoms with Gasteiger partial charge in [-0.2, -0.15) is 0 Å². The second kappa shape index (κ2) is 7.33. The van der Waals surface area contributed by atoms with Gasteiger partial charge in [0.05, 0.1) is 26.2 Å². The van der Waals surface area contributed by atoms with Gasteiger partial charge in [0.15, 0.2) is 0 Å². The molecule has 2 nitrogen and oxygen atoms in total. The number of nitrogens with one attached hydrogen (secondary N) is 1. The van der Waals surface area contributed by atoms with Gasteiger partial charge in [0, 0.05) is 6.42 Å². The summed E-state index contributed by atoms with van der Waals surface area (Å²) in [6.07, 6.45) is 1.13. The van der Waals surface area contributed by atoms with Crippen molar-refractivity contribution >= 4 is 0 Å². The zero-order valence-electron chi connectivity index (χ0n) is 11.7. The predicted molar refractivity (Wildman–Crippen MR) is 72.9 cm³/mol. The lowest BCUT2D eigenvalue weighted by Crippen LogP contribution is -3.11. The van der Waals surface area contributed by atoms with Crippen LogP contribution < -0.4 is 9.64 Å². The maximum absolute atomic E-state index is 5.79. The van der Waals surface area contributed by atoms with Crippen LogP contribution in [-0.4, -0.2) is 26.2 Å². The average molecular weight is 236 g/mol. The third kappa shape index (κ3) is 5.22. The Morgan fingerprint density at radius 3 is 2.12 bits per heavy atom.